The van der Waals surface area contributed by atoms with E-state index in [9.17, 15) is 9.59 Å². The van der Waals surface area contributed by atoms with Crippen LogP contribution in [-0.2, 0) is 16.0 Å². The molecule has 0 bridgehead atoms. The van der Waals surface area contributed by atoms with E-state index in [-0.39, 0.29) is 5.75 Å². The molecule has 1 aromatic carbocycles. The van der Waals surface area contributed by atoms with Crippen LogP contribution in [-0.4, -0.2) is 23.5 Å². The average molecular weight is 223 g/mol. The third-order valence-electron chi connectivity index (χ3n) is 1.98. The van der Waals surface area contributed by atoms with Crippen LogP contribution >= 0.6 is 0 Å². The molecule has 0 aliphatic rings. The van der Waals surface area contributed by atoms with Crippen molar-refractivity contribution in [3.05, 3.63) is 29.8 Å². The minimum absolute atomic E-state index is 0.157. The van der Waals surface area contributed by atoms with E-state index in [2.05, 4.69) is 5.43 Å². The van der Waals surface area contributed by atoms with Crippen LogP contribution in [0, 0.1) is 0 Å². The summed E-state index contributed by atoms with van der Waals surface area (Å²) in [6, 6.07) is 5.63. The molecule has 6 heteroatoms. The number of amides is 2. The van der Waals surface area contributed by atoms with Gasteiger partial charge in [0.2, 0.25) is 6.41 Å². The van der Waals surface area contributed by atoms with Gasteiger partial charge in [0.1, 0.15) is 5.75 Å². The monoisotopic (exact) mass is 223 g/mol. The largest absolute Gasteiger partial charge is 0.508 e. The summed E-state index contributed by atoms with van der Waals surface area (Å²) >= 11 is 0. The molecule has 16 heavy (non-hydrogen) atoms. The number of hydrogen-bond donors (Lipinski definition) is 4. The normalized spacial score (nSPS) is 11.6. The predicted octanol–water partition coefficient (Wildman–Crippen LogP) is -0.961. The fourth-order valence-corrected chi connectivity index (χ4v) is 1.17. The molecule has 0 fully saturated rings. The van der Waals surface area contributed by atoms with Crippen LogP contribution < -0.4 is 16.6 Å². The van der Waals surface area contributed by atoms with Gasteiger partial charge in [0.15, 0.2) is 0 Å². The Morgan fingerprint density at radius 3 is 2.62 bits per heavy atom. The van der Waals surface area contributed by atoms with Crippen LogP contribution in [0.3, 0.4) is 0 Å². The Hall–Kier alpha value is -2.08. The molecule has 1 aromatic rings. The minimum atomic E-state index is -0.753. The maximum absolute atomic E-state index is 11.3. The molecule has 2 amide bonds. The first-order chi connectivity index (χ1) is 7.63. The SMILES string of the molecule is N[C@@H](Cc1ccc(O)cc1)C(=O)NNC=O. The van der Waals surface area contributed by atoms with Gasteiger partial charge in [0.25, 0.3) is 5.91 Å². The molecule has 1 atom stereocenters. The van der Waals surface area contributed by atoms with Crippen LogP contribution in [0.4, 0.5) is 0 Å². The third-order valence-corrected chi connectivity index (χ3v) is 1.98. The van der Waals surface area contributed by atoms with Gasteiger partial charge in [-0.2, -0.15) is 0 Å². The molecule has 0 unspecified atom stereocenters. The third kappa shape index (κ3) is 3.58. The lowest BCUT2D eigenvalue weighted by Gasteiger charge is -2.11. The quantitative estimate of drug-likeness (QED) is 0.381. The number of hydrogen-bond acceptors (Lipinski definition) is 4. The number of nitrogens with one attached hydrogen (secondary N) is 2. The number of benzene rings is 1. The van der Waals surface area contributed by atoms with Crippen molar-refractivity contribution >= 4 is 12.3 Å². The van der Waals surface area contributed by atoms with Crippen LogP contribution in [0.1, 0.15) is 5.56 Å². The van der Waals surface area contributed by atoms with E-state index in [4.69, 9.17) is 10.8 Å². The molecule has 5 N–H and O–H groups in total. The summed E-state index contributed by atoms with van der Waals surface area (Å²) in [6.07, 6.45) is 0.678. The molecule has 1 rings (SSSR count). The van der Waals surface area contributed by atoms with Crippen LogP contribution in [0.5, 0.6) is 5.75 Å². The second-order valence-corrected chi connectivity index (χ2v) is 3.23. The van der Waals surface area contributed by atoms with E-state index in [1.165, 1.54) is 12.1 Å². The Bertz CT molecular complexity index is 364. The summed E-state index contributed by atoms with van der Waals surface area (Å²) in [6.45, 7) is 0. The summed E-state index contributed by atoms with van der Waals surface area (Å²) in [4.78, 5) is 21.2. The Labute approximate surface area is 92.4 Å². The highest BCUT2D eigenvalue weighted by Gasteiger charge is 2.13. The maximum Gasteiger partial charge on any atom is 0.255 e. The highest BCUT2D eigenvalue weighted by molar-refractivity contribution is 5.82. The molecular weight excluding hydrogens is 210 g/mol. The Balaban J connectivity index is 2.50. The lowest BCUT2D eigenvalue weighted by Crippen LogP contribution is -2.47. The van der Waals surface area contributed by atoms with Crippen LogP contribution in [0.15, 0.2) is 24.3 Å². The van der Waals surface area contributed by atoms with Gasteiger partial charge in [-0.25, -0.2) is 0 Å². The van der Waals surface area contributed by atoms with Crippen molar-refractivity contribution in [3.8, 4) is 5.75 Å². The van der Waals surface area contributed by atoms with Gasteiger partial charge in [0, 0.05) is 0 Å². The van der Waals surface area contributed by atoms with Gasteiger partial charge in [-0.3, -0.25) is 20.4 Å². The lowest BCUT2D eigenvalue weighted by molar-refractivity contribution is -0.125. The first-order valence-corrected chi connectivity index (χ1v) is 4.66. The van der Waals surface area contributed by atoms with Gasteiger partial charge in [-0.15, -0.1) is 0 Å². The number of carbonyl (C=O) groups excluding carboxylic acids is 2. The van der Waals surface area contributed by atoms with Gasteiger partial charge in [-0.1, -0.05) is 12.1 Å². The van der Waals surface area contributed by atoms with E-state index in [1.54, 1.807) is 12.1 Å². The lowest BCUT2D eigenvalue weighted by atomic mass is 10.1. The molecule has 6 nitrogen and oxygen atoms in total. The summed E-state index contributed by atoms with van der Waals surface area (Å²) in [5.74, 6) is -0.315. The fraction of sp³-hybridized carbons (Fsp3) is 0.200. The standard InChI is InChI=1S/C10H13N3O3/c11-9(10(16)13-12-6-14)5-7-1-3-8(15)4-2-7/h1-4,6,9,15H,5,11H2,(H,12,14)(H,13,16)/t9-/m0/s1. The number of phenols is 1. The first kappa shape index (κ1) is 12.0. The molecule has 0 saturated heterocycles. The highest BCUT2D eigenvalue weighted by Crippen LogP contribution is 2.10. The molecular formula is C10H13N3O3. The van der Waals surface area contributed by atoms with Gasteiger partial charge >= 0.3 is 0 Å². The zero-order valence-electron chi connectivity index (χ0n) is 8.51. The Morgan fingerprint density at radius 2 is 2.06 bits per heavy atom. The number of phenolic OH excluding ortho intramolecular Hbond substituents is 1. The topological polar surface area (TPSA) is 104 Å². The summed E-state index contributed by atoms with van der Waals surface area (Å²) in [7, 11) is 0. The zero-order valence-corrected chi connectivity index (χ0v) is 8.51. The van der Waals surface area contributed by atoms with E-state index < -0.39 is 11.9 Å². The number of hydrazine groups is 1. The molecule has 0 aliphatic carbocycles. The van der Waals surface area contributed by atoms with Crippen molar-refractivity contribution in [2.45, 2.75) is 12.5 Å². The second-order valence-electron chi connectivity index (χ2n) is 3.23. The van der Waals surface area contributed by atoms with Gasteiger partial charge in [0.05, 0.1) is 6.04 Å². The molecule has 0 radical (unpaired) electrons. The molecule has 0 saturated carbocycles. The van der Waals surface area contributed by atoms with Crippen molar-refractivity contribution in [2.24, 2.45) is 5.73 Å². The molecule has 0 heterocycles. The van der Waals surface area contributed by atoms with Gasteiger partial charge < -0.3 is 10.8 Å². The number of aromatic hydroxyl groups is 1. The van der Waals surface area contributed by atoms with Crippen molar-refractivity contribution in [1.29, 1.82) is 0 Å². The summed E-state index contributed by atoms with van der Waals surface area (Å²) in [5, 5.41) is 9.06. The van der Waals surface area contributed by atoms with E-state index in [0.29, 0.717) is 12.8 Å². The molecule has 0 aromatic heterocycles. The predicted molar refractivity (Wildman–Crippen MR) is 57.1 cm³/mol. The molecule has 0 aliphatic heterocycles. The van der Waals surface area contributed by atoms with Crippen molar-refractivity contribution in [3.63, 3.8) is 0 Å². The Morgan fingerprint density at radius 1 is 1.44 bits per heavy atom. The smallest absolute Gasteiger partial charge is 0.255 e. The summed E-state index contributed by atoms with van der Waals surface area (Å²) in [5.41, 5.74) is 10.6. The Kier molecular flexibility index (Phi) is 4.28. The number of rotatable bonds is 5. The van der Waals surface area contributed by atoms with Gasteiger partial charge in [-0.05, 0) is 24.1 Å². The van der Waals surface area contributed by atoms with E-state index in [1.807, 2.05) is 5.43 Å². The first-order valence-electron chi connectivity index (χ1n) is 4.66. The summed E-state index contributed by atoms with van der Waals surface area (Å²) < 4.78 is 0. The fourth-order valence-electron chi connectivity index (χ4n) is 1.17. The van der Waals surface area contributed by atoms with Crippen molar-refractivity contribution in [1.82, 2.24) is 10.9 Å². The van der Waals surface area contributed by atoms with Crippen LogP contribution in [0.25, 0.3) is 0 Å². The van der Waals surface area contributed by atoms with Crippen molar-refractivity contribution in [2.75, 3.05) is 0 Å². The number of nitrogens with two attached hydrogens (primary N) is 1. The second kappa shape index (κ2) is 5.72. The van der Waals surface area contributed by atoms with E-state index in [0.717, 1.165) is 5.56 Å². The average Bonchev–Trinajstić information content (AvgIpc) is 2.29. The highest BCUT2D eigenvalue weighted by atomic mass is 16.3. The van der Waals surface area contributed by atoms with Crippen molar-refractivity contribution < 1.29 is 14.7 Å². The molecule has 86 valence electrons. The molecule has 0 spiro atoms. The van der Waals surface area contributed by atoms with Crippen LogP contribution in [0.2, 0.25) is 0 Å². The van der Waals surface area contributed by atoms with E-state index >= 15 is 0 Å². The minimum Gasteiger partial charge on any atom is -0.508 e. The zero-order chi connectivity index (χ0) is 12.0. The maximum atomic E-state index is 11.3. The number of carbonyl (C=O) groups is 2.